The lowest BCUT2D eigenvalue weighted by molar-refractivity contribution is -0.143. The number of carbonyl (C=O) groups is 1. The van der Waals surface area contributed by atoms with Crippen molar-refractivity contribution in [3.63, 3.8) is 0 Å². The zero-order valence-corrected chi connectivity index (χ0v) is 12.9. The molecule has 1 fully saturated rings. The number of ether oxygens (including phenoxy) is 1. The van der Waals surface area contributed by atoms with E-state index in [4.69, 9.17) is 4.74 Å². The number of carbonyl (C=O) groups excluding carboxylic acids is 1. The van der Waals surface area contributed by atoms with Gasteiger partial charge in [-0.1, -0.05) is 0 Å². The van der Waals surface area contributed by atoms with Gasteiger partial charge in [0, 0.05) is 17.8 Å². The molecule has 20 heavy (non-hydrogen) atoms. The van der Waals surface area contributed by atoms with Crippen molar-refractivity contribution in [1.82, 2.24) is 4.98 Å². The number of nitrogens with one attached hydrogen (secondary N) is 1. The molecule has 1 N–H and O–H groups in total. The smallest absolute Gasteiger partial charge is 0.306 e. The molecule has 0 aliphatic carbocycles. The molecule has 2 heterocycles. The van der Waals surface area contributed by atoms with Gasteiger partial charge < -0.3 is 10.1 Å². The minimum absolute atomic E-state index is 0.0518. The maximum Gasteiger partial charge on any atom is 0.306 e. The van der Waals surface area contributed by atoms with Gasteiger partial charge in [-0.15, -0.1) is 11.3 Å². The average Bonchev–Trinajstić information content (AvgIpc) is 2.94. The number of aryl methyl sites for hydroxylation is 1. The lowest BCUT2D eigenvalue weighted by Gasteiger charge is -2.08. The molecule has 1 aliphatic rings. The monoisotopic (exact) mass is 318 g/mol. The second kappa shape index (κ2) is 6.53. The Morgan fingerprint density at radius 2 is 2.40 bits per heavy atom. The zero-order valence-electron chi connectivity index (χ0n) is 11.3. The Hall–Kier alpha value is -1.15. The van der Waals surface area contributed by atoms with Crippen LogP contribution in [-0.4, -0.2) is 43.5 Å². The number of esters is 1. The highest BCUT2D eigenvalue weighted by atomic mass is 32.2. The van der Waals surface area contributed by atoms with E-state index in [1.165, 1.54) is 11.3 Å². The number of rotatable bonds is 6. The van der Waals surface area contributed by atoms with Crippen molar-refractivity contribution in [2.45, 2.75) is 32.2 Å². The van der Waals surface area contributed by atoms with Crippen LogP contribution in [0.3, 0.4) is 0 Å². The molecular weight excluding hydrogens is 300 g/mol. The second-order valence-electron chi connectivity index (χ2n) is 4.69. The van der Waals surface area contributed by atoms with Crippen LogP contribution in [0.4, 0.5) is 5.13 Å². The molecule has 0 saturated carbocycles. The summed E-state index contributed by atoms with van der Waals surface area (Å²) in [5.41, 5.74) is 0.825. The van der Waals surface area contributed by atoms with Gasteiger partial charge in [-0.05, 0) is 13.3 Å². The van der Waals surface area contributed by atoms with Crippen LogP contribution in [0.15, 0.2) is 5.38 Å². The van der Waals surface area contributed by atoms with E-state index < -0.39 is 9.84 Å². The standard InChI is InChI=1S/C12H18N2O4S2/c1-2-18-11(15)4-3-9-7-19-12(13-9)14-10-5-6-20(16,17)8-10/h7,10H,2-6,8H2,1H3,(H,13,14). The first-order valence-corrected chi connectivity index (χ1v) is 9.25. The molecule has 0 spiro atoms. The summed E-state index contributed by atoms with van der Waals surface area (Å²) in [4.78, 5) is 15.6. The molecule has 112 valence electrons. The summed E-state index contributed by atoms with van der Waals surface area (Å²) in [6.45, 7) is 2.16. The molecule has 1 unspecified atom stereocenters. The third-order valence-electron chi connectivity index (χ3n) is 3.00. The molecule has 6 nitrogen and oxygen atoms in total. The van der Waals surface area contributed by atoms with E-state index >= 15 is 0 Å². The van der Waals surface area contributed by atoms with E-state index in [-0.39, 0.29) is 23.5 Å². The molecule has 8 heteroatoms. The van der Waals surface area contributed by atoms with Gasteiger partial charge >= 0.3 is 5.97 Å². The first-order chi connectivity index (χ1) is 9.48. The Bertz CT molecular complexity index is 568. The fourth-order valence-electron chi connectivity index (χ4n) is 2.03. The number of hydrogen-bond acceptors (Lipinski definition) is 7. The lowest BCUT2D eigenvalue weighted by Crippen LogP contribution is -2.20. The number of thiazole rings is 1. The number of anilines is 1. The third-order valence-corrected chi connectivity index (χ3v) is 5.59. The predicted octanol–water partition coefficient (Wildman–Crippen LogP) is 1.24. The fourth-order valence-corrected chi connectivity index (χ4v) is 4.53. The van der Waals surface area contributed by atoms with Gasteiger partial charge in [-0.25, -0.2) is 13.4 Å². The summed E-state index contributed by atoms with van der Waals surface area (Å²) in [6.07, 6.45) is 1.48. The van der Waals surface area contributed by atoms with Crippen molar-refractivity contribution < 1.29 is 17.9 Å². The topological polar surface area (TPSA) is 85.4 Å². The van der Waals surface area contributed by atoms with Gasteiger partial charge in [0.1, 0.15) is 0 Å². The first-order valence-electron chi connectivity index (χ1n) is 6.55. The van der Waals surface area contributed by atoms with E-state index in [9.17, 15) is 13.2 Å². The summed E-state index contributed by atoms with van der Waals surface area (Å²) < 4.78 is 27.6. The maximum absolute atomic E-state index is 11.4. The summed E-state index contributed by atoms with van der Waals surface area (Å²) >= 11 is 1.43. The van der Waals surface area contributed by atoms with Crippen molar-refractivity contribution in [3.8, 4) is 0 Å². The van der Waals surface area contributed by atoms with Crippen LogP contribution in [0.25, 0.3) is 0 Å². The highest BCUT2D eigenvalue weighted by Gasteiger charge is 2.28. The summed E-state index contributed by atoms with van der Waals surface area (Å²) in [5, 5.41) is 5.74. The molecule has 0 aromatic carbocycles. The molecule has 1 saturated heterocycles. The molecule has 0 amide bonds. The molecule has 1 aliphatic heterocycles. The third kappa shape index (κ3) is 4.45. The second-order valence-corrected chi connectivity index (χ2v) is 7.78. The van der Waals surface area contributed by atoms with Gasteiger partial charge in [-0.3, -0.25) is 4.79 Å². The quantitative estimate of drug-likeness (QED) is 0.794. The van der Waals surface area contributed by atoms with Crippen LogP contribution in [0.1, 0.15) is 25.5 Å². The Kier molecular flexibility index (Phi) is 4.98. The minimum Gasteiger partial charge on any atom is -0.466 e. The molecule has 1 aromatic rings. The first kappa shape index (κ1) is 15.2. The molecule has 0 bridgehead atoms. The maximum atomic E-state index is 11.4. The van der Waals surface area contributed by atoms with Crippen LogP contribution < -0.4 is 5.32 Å². The molecule has 2 rings (SSSR count). The Morgan fingerprint density at radius 1 is 1.60 bits per heavy atom. The normalized spacial score (nSPS) is 20.8. The Labute approximate surface area is 122 Å². The summed E-state index contributed by atoms with van der Waals surface area (Å²) in [6, 6.07) is -0.0518. The fraction of sp³-hybridized carbons (Fsp3) is 0.667. The minimum atomic E-state index is -2.88. The van der Waals surface area contributed by atoms with Gasteiger partial charge in [0.15, 0.2) is 15.0 Å². The van der Waals surface area contributed by atoms with E-state index in [1.807, 2.05) is 5.38 Å². The van der Waals surface area contributed by atoms with Crippen molar-refractivity contribution in [2.75, 3.05) is 23.4 Å². The van der Waals surface area contributed by atoms with Crippen LogP contribution in [0, 0.1) is 0 Å². The Morgan fingerprint density at radius 3 is 3.05 bits per heavy atom. The molecule has 1 atom stereocenters. The largest absolute Gasteiger partial charge is 0.466 e. The molecular formula is C12H18N2O4S2. The summed E-state index contributed by atoms with van der Waals surface area (Å²) in [7, 11) is -2.88. The number of aromatic nitrogens is 1. The van der Waals surface area contributed by atoms with Crippen molar-refractivity contribution in [3.05, 3.63) is 11.1 Å². The highest BCUT2D eigenvalue weighted by Crippen LogP contribution is 2.21. The van der Waals surface area contributed by atoms with Gasteiger partial charge in [0.25, 0.3) is 0 Å². The van der Waals surface area contributed by atoms with Crippen LogP contribution in [0.5, 0.6) is 0 Å². The average molecular weight is 318 g/mol. The predicted molar refractivity (Wildman–Crippen MR) is 77.7 cm³/mol. The zero-order chi connectivity index (χ0) is 14.6. The van der Waals surface area contributed by atoms with Gasteiger partial charge in [0.2, 0.25) is 0 Å². The Balaban J connectivity index is 1.82. The van der Waals surface area contributed by atoms with Crippen molar-refractivity contribution in [1.29, 1.82) is 0 Å². The van der Waals surface area contributed by atoms with Crippen molar-refractivity contribution >= 4 is 32.3 Å². The highest BCUT2D eigenvalue weighted by molar-refractivity contribution is 7.91. The van der Waals surface area contributed by atoms with Crippen LogP contribution in [-0.2, 0) is 25.8 Å². The van der Waals surface area contributed by atoms with E-state index in [0.717, 1.165) is 5.69 Å². The number of hydrogen-bond donors (Lipinski definition) is 1. The molecule has 0 radical (unpaired) electrons. The van der Waals surface area contributed by atoms with Crippen molar-refractivity contribution in [2.24, 2.45) is 0 Å². The van der Waals surface area contributed by atoms with E-state index in [1.54, 1.807) is 6.92 Å². The lowest BCUT2D eigenvalue weighted by atomic mass is 10.2. The van der Waals surface area contributed by atoms with E-state index in [2.05, 4.69) is 10.3 Å². The molecule has 1 aromatic heterocycles. The number of sulfone groups is 1. The van der Waals surface area contributed by atoms with Crippen LogP contribution >= 0.6 is 11.3 Å². The number of nitrogens with zero attached hydrogens (tertiary/aromatic N) is 1. The summed E-state index contributed by atoms with van der Waals surface area (Å²) in [5.74, 6) is 0.188. The SMILES string of the molecule is CCOC(=O)CCc1csc(NC2CCS(=O)(=O)C2)n1. The van der Waals surface area contributed by atoms with Crippen LogP contribution in [0.2, 0.25) is 0 Å². The van der Waals surface area contributed by atoms with Gasteiger partial charge in [0.05, 0.1) is 30.2 Å². The van der Waals surface area contributed by atoms with Gasteiger partial charge in [-0.2, -0.15) is 0 Å². The van der Waals surface area contributed by atoms with E-state index in [0.29, 0.717) is 31.0 Å².